The Morgan fingerprint density at radius 2 is 1.00 bits per heavy atom. The molecule has 3 radical (unpaired) electrons. The van der Waals surface area contributed by atoms with Gasteiger partial charge in [-0.15, -0.1) is 0 Å². The van der Waals surface area contributed by atoms with Crippen molar-refractivity contribution in [3.63, 3.8) is 0 Å². The van der Waals surface area contributed by atoms with Crippen LogP contribution in [-0.4, -0.2) is 69.2 Å². The average molecular weight is 385 g/mol. The molecule has 0 fully saturated rings. The van der Waals surface area contributed by atoms with E-state index in [4.69, 9.17) is 0 Å². The van der Waals surface area contributed by atoms with Crippen LogP contribution < -0.4 is 0 Å². The molecule has 0 spiro atoms. The molecule has 0 rings (SSSR count). The minimum atomic E-state index is 0. The van der Waals surface area contributed by atoms with Gasteiger partial charge in [0.15, 0.2) is 0 Å². The third kappa shape index (κ3) is 9.04. The third-order valence-corrected chi connectivity index (χ3v) is 0. The summed E-state index contributed by atoms with van der Waals surface area (Å²) in [6.45, 7) is 0. The van der Waals surface area contributed by atoms with Gasteiger partial charge in [0, 0.05) is 8.41 Å². The van der Waals surface area contributed by atoms with Crippen LogP contribution in [0.15, 0.2) is 0 Å². The summed E-state index contributed by atoms with van der Waals surface area (Å²) < 4.78 is 0. The van der Waals surface area contributed by atoms with Gasteiger partial charge in [-0.05, 0) is 11.0 Å². The van der Waals surface area contributed by atoms with Crippen LogP contribution in [0.25, 0.3) is 0 Å². The Kier molecular flexibility index (Phi) is 194. The second-order valence-electron chi connectivity index (χ2n) is 0. The summed E-state index contributed by atoms with van der Waals surface area (Å²) in [4.78, 5) is 0. The quantitative estimate of drug-likeness (QED) is 0.374. The second kappa shape index (κ2) is 20.3. The predicted octanol–water partition coefficient (Wildman–Crippen LogP) is -3.93. The molecule has 0 heterocycles. The van der Waals surface area contributed by atoms with E-state index in [1.807, 2.05) is 0 Å². The monoisotopic (exact) mass is 387 g/mol. The van der Waals surface area contributed by atoms with Crippen molar-refractivity contribution in [2.75, 3.05) is 0 Å². The van der Waals surface area contributed by atoms with Gasteiger partial charge in [0.25, 0.3) is 0 Å². The molecule has 27 valence electrons. The van der Waals surface area contributed by atoms with Crippen molar-refractivity contribution in [2.24, 2.45) is 0 Å². The van der Waals surface area contributed by atoms with Crippen molar-refractivity contribution in [1.29, 1.82) is 0 Å². The van der Waals surface area contributed by atoms with E-state index in [0.29, 0.717) is 0 Å². The zero-order valence-corrected chi connectivity index (χ0v) is 10.1. The SMILES string of the molecule is [B].[BiH3].[SiH4].[TeH2]. The Hall–Kier alpha value is 1.95. The van der Waals surface area contributed by atoms with E-state index in [0.717, 1.165) is 0 Å². The molecule has 0 aliphatic heterocycles. The average Bonchev–Trinajstić information content (AvgIpc) is 0. The van der Waals surface area contributed by atoms with Gasteiger partial charge in [-0.1, -0.05) is 0 Å². The van der Waals surface area contributed by atoms with Gasteiger partial charge in [0.05, 0.1) is 0 Å². The van der Waals surface area contributed by atoms with Crippen molar-refractivity contribution in [1.82, 2.24) is 0 Å². The first-order valence-electron chi connectivity index (χ1n) is 0. The zero-order valence-electron chi connectivity index (χ0n) is 1.78. The molecule has 0 unspecified atom stereocenters. The molecular formula is H9BBiSiTe. The Balaban J connectivity index is 0. The molecule has 0 nitrogen and oxygen atoms in total. The van der Waals surface area contributed by atoms with Gasteiger partial charge in [-0.25, -0.2) is 0 Å². The van der Waals surface area contributed by atoms with Gasteiger partial charge in [-0.3, -0.25) is 0 Å². The van der Waals surface area contributed by atoms with Crippen LogP contribution >= 0.6 is 0 Å². The Bertz CT molecular complexity index is 8.00. The first-order valence-corrected chi connectivity index (χ1v) is 0. The summed E-state index contributed by atoms with van der Waals surface area (Å²) >= 11 is 0. The molecule has 0 aromatic carbocycles. The molecule has 0 bridgehead atoms. The molecule has 0 aromatic heterocycles. The Labute approximate surface area is 68.6 Å². The van der Waals surface area contributed by atoms with Gasteiger partial charge in [0.1, 0.15) is 0 Å². The van der Waals surface area contributed by atoms with E-state index in [1.54, 1.807) is 0 Å². The van der Waals surface area contributed by atoms with Crippen LogP contribution in [0.3, 0.4) is 0 Å². The summed E-state index contributed by atoms with van der Waals surface area (Å²) in [5, 5.41) is 0. The van der Waals surface area contributed by atoms with Crippen molar-refractivity contribution in [3.05, 3.63) is 0 Å². The van der Waals surface area contributed by atoms with E-state index in [-0.39, 0.29) is 69.2 Å². The van der Waals surface area contributed by atoms with Crippen LogP contribution in [-0.2, 0) is 0 Å². The standard InChI is InChI=1S/B.Bi.H4Si.H2Te.3H/h;;1H4;1H2;;;. The Morgan fingerprint density at radius 3 is 1.00 bits per heavy atom. The van der Waals surface area contributed by atoms with Crippen molar-refractivity contribution in [2.45, 2.75) is 0 Å². The molecule has 4 heteroatoms. The molecule has 0 aliphatic rings. The van der Waals surface area contributed by atoms with Crippen molar-refractivity contribution >= 4 is 69.2 Å². The van der Waals surface area contributed by atoms with E-state index >= 15 is 0 Å². The van der Waals surface area contributed by atoms with Crippen LogP contribution in [0.4, 0.5) is 0 Å². The van der Waals surface area contributed by atoms with Gasteiger partial charge >= 0.3 is 49.9 Å². The van der Waals surface area contributed by atoms with Crippen LogP contribution in [0.2, 0.25) is 0 Å². The summed E-state index contributed by atoms with van der Waals surface area (Å²) in [5.74, 6) is 0. The molecule has 4 heavy (non-hydrogen) atoms. The molecule has 0 saturated carbocycles. The van der Waals surface area contributed by atoms with Gasteiger partial charge in [0.2, 0.25) is 0 Å². The van der Waals surface area contributed by atoms with Gasteiger partial charge < -0.3 is 0 Å². The maximum atomic E-state index is 0. The molecule has 0 N–H and O–H groups in total. The molecule has 0 atom stereocenters. The van der Waals surface area contributed by atoms with Gasteiger partial charge in [-0.2, -0.15) is 0 Å². The summed E-state index contributed by atoms with van der Waals surface area (Å²) in [7, 11) is 0. The normalized spacial score (nSPS) is 0. The zero-order chi connectivity index (χ0) is 0. The van der Waals surface area contributed by atoms with Crippen LogP contribution in [0, 0.1) is 0 Å². The van der Waals surface area contributed by atoms with E-state index in [1.165, 1.54) is 0 Å². The topological polar surface area (TPSA) is 0 Å². The second-order valence-corrected chi connectivity index (χ2v) is 0. The number of rotatable bonds is 0. The molecular weight excluding hydrogens is 375 g/mol. The molecule has 0 amide bonds. The maximum absolute atomic E-state index is 0. The number of hydrogen-bond acceptors (Lipinski definition) is 0. The summed E-state index contributed by atoms with van der Waals surface area (Å²) in [6, 6.07) is 0. The Morgan fingerprint density at radius 1 is 1.00 bits per heavy atom. The summed E-state index contributed by atoms with van der Waals surface area (Å²) in [6.07, 6.45) is 0. The molecule has 0 saturated heterocycles. The molecule has 0 aliphatic carbocycles. The van der Waals surface area contributed by atoms with Crippen LogP contribution in [0.5, 0.6) is 0 Å². The fraction of sp³-hybridized carbons (Fsp3) is 0. The van der Waals surface area contributed by atoms with E-state index < -0.39 is 0 Å². The van der Waals surface area contributed by atoms with E-state index in [2.05, 4.69) is 0 Å². The fourth-order valence-electron chi connectivity index (χ4n) is 0. The van der Waals surface area contributed by atoms with E-state index in [9.17, 15) is 0 Å². The number of hydrogen-bond donors (Lipinski definition) is 0. The minimum absolute atomic E-state index is 0. The predicted molar refractivity (Wildman–Crippen MR) is 35.6 cm³/mol. The van der Waals surface area contributed by atoms with Crippen molar-refractivity contribution < 1.29 is 0 Å². The summed E-state index contributed by atoms with van der Waals surface area (Å²) in [5.41, 5.74) is 0. The molecule has 0 aromatic rings. The van der Waals surface area contributed by atoms with Crippen molar-refractivity contribution in [3.8, 4) is 0 Å². The van der Waals surface area contributed by atoms with Crippen LogP contribution in [0.1, 0.15) is 0 Å². The third-order valence-electron chi connectivity index (χ3n) is 0. The fourth-order valence-corrected chi connectivity index (χ4v) is 0. The first-order chi connectivity index (χ1) is 0. The first kappa shape index (κ1) is 38.3.